The molecule has 0 spiro atoms. The maximum Gasteiger partial charge on any atom is 0.252 e. The quantitative estimate of drug-likeness (QED) is 0.636. The topological polar surface area (TPSA) is 100 Å². The average Bonchev–Trinajstić information content (AvgIpc) is 2.39. The summed E-state index contributed by atoms with van der Waals surface area (Å²) in [7, 11) is -3.31. The minimum Gasteiger partial charge on any atom is -0.370 e. The van der Waals surface area contributed by atoms with Gasteiger partial charge in [-0.15, -0.1) is 0 Å². The Morgan fingerprint density at radius 1 is 1.25 bits per heavy atom. The van der Waals surface area contributed by atoms with Gasteiger partial charge in [0.1, 0.15) is 5.82 Å². The molecule has 0 aliphatic heterocycles. The molecule has 1 heterocycles. The van der Waals surface area contributed by atoms with E-state index in [-0.39, 0.29) is 18.2 Å². The van der Waals surface area contributed by atoms with Gasteiger partial charge in [-0.2, -0.15) is 0 Å². The summed E-state index contributed by atoms with van der Waals surface area (Å²) in [5, 5.41) is 5.57. The highest BCUT2D eigenvalue weighted by atomic mass is 32.2. The van der Waals surface area contributed by atoms with Crippen LogP contribution in [0, 0.1) is 0 Å². The van der Waals surface area contributed by atoms with Crippen LogP contribution in [-0.2, 0) is 10.0 Å². The van der Waals surface area contributed by atoms with E-state index in [9.17, 15) is 13.2 Å². The van der Waals surface area contributed by atoms with Crippen molar-refractivity contribution in [1.29, 1.82) is 0 Å². The zero-order chi connectivity index (χ0) is 15.0. The van der Waals surface area contributed by atoms with Gasteiger partial charge >= 0.3 is 0 Å². The molecule has 0 bridgehead atoms. The first-order chi connectivity index (χ1) is 9.48. The molecule has 0 saturated heterocycles. The summed E-state index contributed by atoms with van der Waals surface area (Å²) in [5.74, 6) is 0.209. The van der Waals surface area contributed by atoms with Crippen molar-refractivity contribution >= 4 is 21.7 Å². The van der Waals surface area contributed by atoms with E-state index in [0.29, 0.717) is 17.9 Å². The van der Waals surface area contributed by atoms with Crippen molar-refractivity contribution in [3.8, 4) is 0 Å². The van der Waals surface area contributed by atoms with Crippen LogP contribution in [0.25, 0.3) is 0 Å². The zero-order valence-electron chi connectivity index (χ0n) is 11.6. The molecule has 20 heavy (non-hydrogen) atoms. The van der Waals surface area contributed by atoms with E-state index in [1.54, 1.807) is 19.1 Å². The van der Waals surface area contributed by atoms with Gasteiger partial charge in [0, 0.05) is 25.8 Å². The molecule has 0 fully saturated rings. The number of pyridine rings is 1. The van der Waals surface area contributed by atoms with Crippen LogP contribution in [0.4, 0.5) is 5.82 Å². The molecule has 1 amide bonds. The van der Waals surface area contributed by atoms with E-state index >= 15 is 0 Å². The third kappa shape index (κ3) is 5.54. The molecule has 0 unspecified atom stereocenters. The van der Waals surface area contributed by atoms with Crippen LogP contribution in [-0.4, -0.2) is 44.7 Å². The number of rotatable bonds is 8. The normalized spacial score (nSPS) is 11.1. The Labute approximate surface area is 119 Å². The Hall–Kier alpha value is -1.67. The summed E-state index contributed by atoms with van der Waals surface area (Å²) >= 11 is 0. The Morgan fingerprint density at radius 2 is 2.00 bits per heavy atom. The van der Waals surface area contributed by atoms with Crippen molar-refractivity contribution < 1.29 is 13.2 Å². The van der Waals surface area contributed by atoms with Gasteiger partial charge in [-0.1, -0.05) is 6.92 Å². The number of hydrogen-bond acceptors (Lipinski definition) is 5. The zero-order valence-corrected chi connectivity index (χ0v) is 12.5. The van der Waals surface area contributed by atoms with E-state index < -0.39 is 10.0 Å². The summed E-state index contributed by atoms with van der Waals surface area (Å²) in [4.78, 5) is 15.8. The van der Waals surface area contributed by atoms with Crippen LogP contribution in [0.3, 0.4) is 0 Å². The Balaban J connectivity index is 2.47. The molecule has 1 rings (SSSR count). The number of nitrogens with one attached hydrogen (secondary N) is 3. The van der Waals surface area contributed by atoms with Crippen molar-refractivity contribution in [3.63, 3.8) is 0 Å². The fourth-order valence-corrected chi connectivity index (χ4v) is 2.46. The van der Waals surface area contributed by atoms with Gasteiger partial charge in [-0.3, -0.25) is 4.79 Å². The second-order valence-corrected chi connectivity index (χ2v) is 5.96. The highest BCUT2D eigenvalue weighted by Gasteiger charge is 2.10. The minimum absolute atomic E-state index is 0.0587. The lowest BCUT2D eigenvalue weighted by molar-refractivity contribution is 0.0956. The summed E-state index contributed by atoms with van der Waals surface area (Å²) < 4.78 is 25.1. The van der Waals surface area contributed by atoms with Gasteiger partial charge in [0.05, 0.1) is 11.3 Å². The highest BCUT2D eigenvalue weighted by Crippen LogP contribution is 2.04. The van der Waals surface area contributed by atoms with Crippen LogP contribution in [0.1, 0.15) is 24.2 Å². The maximum absolute atomic E-state index is 11.8. The van der Waals surface area contributed by atoms with E-state index in [2.05, 4.69) is 20.3 Å². The number of nitrogens with zero attached hydrogens (tertiary/aromatic N) is 1. The molecule has 7 nitrogen and oxygen atoms in total. The molecule has 0 aliphatic carbocycles. The second kappa shape index (κ2) is 7.81. The van der Waals surface area contributed by atoms with Gasteiger partial charge in [0.2, 0.25) is 10.0 Å². The molecule has 1 aromatic heterocycles. The SMILES string of the molecule is CCNc1ccc(C(=O)NCCS(=O)(=O)NCC)cn1. The van der Waals surface area contributed by atoms with Crippen molar-refractivity contribution in [2.75, 3.05) is 30.7 Å². The van der Waals surface area contributed by atoms with Crippen molar-refractivity contribution in [3.05, 3.63) is 23.9 Å². The van der Waals surface area contributed by atoms with Crippen molar-refractivity contribution in [1.82, 2.24) is 15.0 Å². The van der Waals surface area contributed by atoms with E-state index in [1.807, 2.05) is 6.92 Å². The first-order valence-corrected chi connectivity index (χ1v) is 8.09. The lowest BCUT2D eigenvalue weighted by atomic mass is 10.2. The molecule has 0 aromatic carbocycles. The van der Waals surface area contributed by atoms with Crippen LogP contribution >= 0.6 is 0 Å². The van der Waals surface area contributed by atoms with Gasteiger partial charge < -0.3 is 10.6 Å². The molecule has 112 valence electrons. The van der Waals surface area contributed by atoms with Crippen LogP contribution in [0.5, 0.6) is 0 Å². The molecular formula is C12H20N4O3S. The largest absolute Gasteiger partial charge is 0.370 e. The molecule has 1 aromatic rings. The second-order valence-electron chi connectivity index (χ2n) is 4.04. The molecule has 0 radical (unpaired) electrons. The number of sulfonamides is 1. The van der Waals surface area contributed by atoms with Crippen LogP contribution in [0.15, 0.2) is 18.3 Å². The Kier molecular flexibility index (Phi) is 6.40. The molecule has 0 aliphatic rings. The fraction of sp³-hybridized carbons (Fsp3) is 0.500. The third-order valence-corrected chi connectivity index (χ3v) is 3.87. The van der Waals surface area contributed by atoms with E-state index in [4.69, 9.17) is 0 Å². The number of carbonyl (C=O) groups is 1. The predicted molar refractivity (Wildman–Crippen MR) is 78.2 cm³/mol. The number of carbonyl (C=O) groups excluding carboxylic acids is 1. The Bertz CT molecular complexity index is 528. The summed E-state index contributed by atoms with van der Waals surface area (Å²) in [6, 6.07) is 3.34. The third-order valence-electron chi connectivity index (χ3n) is 2.40. The first-order valence-electron chi connectivity index (χ1n) is 6.44. The van der Waals surface area contributed by atoms with Gasteiger partial charge in [-0.05, 0) is 19.1 Å². The molecule has 3 N–H and O–H groups in total. The maximum atomic E-state index is 11.8. The molecule has 0 saturated carbocycles. The van der Waals surface area contributed by atoms with Crippen LogP contribution < -0.4 is 15.4 Å². The monoisotopic (exact) mass is 300 g/mol. The smallest absolute Gasteiger partial charge is 0.252 e. The molecular weight excluding hydrogens is 280 g/mol. The summed E-state index contributed by atoms with van der Waals surface area (Å²) in [6.45, 7) is 4.80. The lowest BCUT2D eigenvalue weighted by Gasteiger charge is -2.07. The molecule has 0 atom stereocenters. The van der Waals surface area contributed by atoms with Gasteiger partial charge in [0.25, 0.3) is 5.91 Å². The van der Waals surface area contributed by atoms with E-state index in [1.165, 1.54) is 6.20 Å². The van der Waals surface area contributed by atoms with Crippen molar-refractivity contribution in [2.24, 2.45) is 0 Å². The van der Waals surface area contributed by atoms with Gasteiger partial charge in [0.15, 0.2) is 0 Å². The fourth-order valence-electron chi connectivity index (χ4n) is 1.51. The number of aromatic nitrogens is 1. The average molecular weight is 300 g/mol. The van der Waals surface area contributed by atoms with E-state index in [0.717, 1.165) is 6.54 Å². The summed E-state index contributed by atoms with van der Waals surface area (Å²) in [6.07, 6.45) is 1.45. The predicted octanol–water partition coefficient (Wildman–Crippen LogP) is 0.183. The number of anilines is 1. The molecule has 8 heteroatoms. The first kappa shape index (κ1) is 16.4. The van der Waals surface area contributed by atoms with Gasteiger partial charge in [-0.25, -0.2) is 18.1 Å². The van der Waals surface area contributed by atoms with Crippen molar-refractivity contribution in [2.45, 2.75) is 13.8 Å². The standard InChI is InChI=1S/C12H20N4O3S/c1-3-13-11-6-5-10(9-15-11)12(17)14-7-8-20(18,19)16-4-2/h5-6,9,16H,3-4,7-8H2,1-2H3,(H,13,15)(H,14,17). The highest BCUT2D eigenvalue weighted by molar-refractivity contribution is 7.89. The summed E-state index contributed by atoms with van der Waals surface area (Å²) in [5.41, 5.74) is 0.396. The minimum atomic E-state index is -3.31. The Morgan fingerprint density at radius 3 is 2.55 bits per heavy atom. The number of amides is 1. The lowest BCUT2D eigenvalue weighted by Crippen LogP contribution is -2.34. The number of hydrogen-bond donors (Lipinski definition) is 3. The van der Waals surface area contributed by atoms with Crippen LogP contribution in [0.2, 0.25) is 0 Å².